The van der Waals surface area contributed by atoms with Gasteiger partial charge in [-0.05, 0) is 63.7 Å². The Morgan fingerprint density at radius 2 is 2.06 bits per heavy atom. The van der Waals surface area contributed by atoms with Crippen LogP contribution in [0.4, 0.5) is 0 Å². The van der Waals surface area contributed by atoms with Gasteiger partial charge in [0.15, 0.2) is 0 Å². The molecule has 0 amide bonds. The van der Waals surface area contributed by atoms with Gasteiger partial charge in [0.1, 0.15) is 5.78 Å². The third-order valence-corrected chi connectivity index (χ3v) is 4.73. The molecule has 0 bridgehead atoms. The highest BCUT2D eigenvalue weighted by atomic mass is 16.1. The molecule has 1 fully saturated rings. The van der Waals surface area contributed by atoms with Crippen molar-refractivity contribution in [3.05, 3.63) is 11.1 Å². The molecule has 0 aliphatic heterocycles. The summed E-state index contributed by atoms with van der Waals surface area (Å²) in [5.41, 5.74) is 3.37. The smallest absolute Gasteiger partial charge is 0.130 e. The minimum absolute atomic E-state index is 0.362. The zero-order valence-corrected chi connectivity index (χ0v) is 11.6. The number of carbonyl (C=O) groups excluding carboxylic acids is 1. The normalized spacial score (nSPS) is 34.2. The molecule has 1 saturated carbocycles. The van der Waals surface area contributed by atoms with Crippen LogP contribution in [0.3, 0.4) is 0 Å². The number of hydrogen-bond donors (Lipinski definition) is 0. The maximum atomic E-state index is 11.2. The van der Waals surface area contributed by atoms with Crippen molar-refractivity contribution in [2.45, 2.75) is 65.7 Å². The molecule has 0 aromatic rings. The summed E-state index contributed by atoms with van der Waals surface area (Å²) in [5, 5.41) is 0. The summed E-state index contributed by atoms with van der Waals surface area (Å²) in [5.74, 6) is 2.80. The molecular weight excluding hydrogens is 208 g/mol. The Hall–Kier alpha value is -0.590. The second-order valence-corrected chi connectivity index (χ2v) is 6.44. The van der Waals surface area contributed by atoms with Gasteiger partial charge in [0.25, 0.3) is 0 Å². The van der Waals surface area contributed by atoms with Gasteiger partial charge >= 0.3 is 0 Å². The zero-order chi connectivity index (χ0) is 12.4. The van der Waals surface area contributed by atoms with Gasteiger partial charge in [-0.15, -0.1) is 0 Å². The van der Waals surface area contributed by atoms with Crippen LogP contribution in [0.1, 0.15) is 65.7 Å². The van der Waals surface area contributed by atoms with Crippen molar-refractivity contribution < 1.29 is 4.79 Å². The molecule has 3 atom stereocenters. The number of ketones is 1. The fraction of sp³-hybridized carbons (Fsp3) is 0.812. The van der Waals surface area contributed by atoms with Gasteiger partial charge < -0.3 is 4.79 Å². The lowest BCUT2D eigenvalue weighted by Gasteiger charge is -2.28. The van der Waals surface area contributed by atoms with Crippen molar-refractivity contribution in [3.8, 4) is 0 Å². The second kappa shape index (κ2) is 5.37. The van der Waals surface area contributed by atoms with Crippen molar-refractivity contribution in [3.63, 3.8) is 0 Å². The molecule has 0 spiro atoms. The Morgan fingerprint density at radius 1 is 1.29 bits per heavy atom. The largest absolute Gasteiger partial charge is 0.300 e. The Labute approximate surface area is 106 Å². The molecule has 0 N–H and O–H groups in total. The number of rotatable bonds is 3. The zero-order valence-electron chi connectivity index (χ0n) is 11.6. The van der Waals surface area contributed by atoms with Crippen LogP contribution in [0.15, 0.2) is 11.1 Å². The third kappa shape index (κ3) is 3.20. The van der Waals surface area contributed by atoms with Crippen LogP contribution in [0, 0.1) is 17.8 Å². The van der Waals surface area contributed by atoms with Crippen LogP contribution in [-0.4, -0.2) is 5.78 Å². The van der Waals surface area contributed by atoms with E-state index in [1.165, 1.54) is 38.5 Å². The first kappa shape index (κ1) is 12.9. The summed E-state index contributed by atoms with van der Waals surface area (Å²) in [6.07, 6.45) is 8.72. The van der Waals surface area contributed by atoms with E-state index in [2.05, 4.69) is 13.8 Å². The van der Waals surface area contributed by atoms with Crippen LogP contribution < -0.4 is 0 Å². The van der Waals surface area contributed by atoms with E-state index in [1.807, 2.05) is 0 Å². The number of Topliss-reactive ketones (excluding diaryl/α,β-unsaturated/α-hetero) is 1. The Balaban J connectivity index is 1.98. The van der Waals surface area contributed by atoms with Crippen LogP contribution >= 0.6 is 0 Å². The highest BCUT2D eigenvalue weighted by molar-refractivity contribution is 5.75. The van der Waals surface area contributed by atoms with Crippen molar-refractivity contribution >= 4 is 5.78 Å². The molecule has 0 radical (unpaired) electrons. The fourth-order valence-corrected chi connectivity index (χ4v) is 3.90. The minimum Gasteiger partial charge on any atom is -0.300 e. The van der Waals surface area contributed by atoms with Gasteiger partial charge in [-0.2, -0.15) is 0 Å². The molecule has 0 saturated heterocycles. The van der Waals surface area contributed by atoms with Crippen LogP contribution in [-0.2, 0) is 4.79 Å². The van der Waals surface area contributed by atoms with Crippen molar-refractivity contribution in [2.24, 2.45) is 17.8 Å². The molecule has 17 heavy (non-hydrogen) atoms. The second-order valence-electron chi connectivity index (χ2n) is 6.44. The van der Waals surface area contributed by atoms with Gasteiger partial charge in [-0.3, -0.25) is 0 Å². The minimum atomic E-state index is 0.362. The molecular formula is C16H26O. The standard InChI is InChI=1S/C16H26O/c1-11-4-6-15(8-11)16-7-5-14(9-12(16)2)10-13(3)17/h11,14-15H,4-10H2,1-3H3. The average molecular weight is 234 g/mol. The molecule has 2 rings (SSSR count). The SMILES string of the molecule is CC(=O)CC1CCC(C2CCC(C)C2)=C(C)C1. The topological polar surface area (TPSA) is 17.1 Å². The molecule has 1 heteroatoms. The van der Waals surface area contributed by atoms with E-state index in [0.717, 1.165) is 18.3 Å². The van der Waals surface area contributed by atoms with Crippen molar-refractivity contribution in [2.75, 3.05) is 0 Å². The fourth-order valence-electron chi connectivity index (χ4n) is 3.90. The van der Waals surface area contributed by atoms with E-state index in [4.69, 9.17) is 0 Å². The van der Waals surface area contributed by atoms with Crippen molar-refractivity contribution in [1.29, 1.82) is 0 Å². The van der Waals surface area contributed by atoms with Gasteiger partial charge in [0.2, 0.25) is 0 Å². The van der Waals surface area contributed by atoms with Crippen molar-refractivity contribution in [1.82, 2.24) is 0 Å². The maximum Gasteiger partial charge on any atom is 0.130 e. The van der Waals surface area contributed by atoms with Gasteiger partial charge in [-0.1, -0.05) is 24.5 Å². The Kier molecular flexibility index (Phi) is 4.06. The summed E-state index contributed by atoms with van der Waals surface area (Å²) >= 11 is 0. The molecule has 3 unspecified atom stereocenters. The quantitative estimate of drug-likeness (QED) is 0.656. The highest BCUT2D eigenvalue weighted by Gasteiger charge is 2.29. The lowest BCUT2D eigenvalue weighted by Crippen LogP contribution is -2.15. The highest BCUT2D eigenvalue weighted by Crippen LogP contribution is 2.42. The predicted molar refractivity (Wildman–Crippen MR) is 71.8 cm³/mol. The molecule has 0 aromatic carbocycles. The summed E-state index contributed by atoms with van der Waals surface area (Å²) in [7, 11) is 0. The van der Waals surface area contributed by atoms with E-state index in [0.29, 0.717) is 11.7 Å². The van der Waals surface area contributed by atoms with Gasteiger partial charge in [-0.25, -0.2) is 0 Å². The lowest BCUT2D eigenvalue weighted by molar-refractivity contribution is -0.117. The van der Waals surface area contributed by atoms with E-state index in [-0.39, 0.29) is 0 Å². The number of hydrogen-bond acceptors (Lipinski definition) is 1. The number of allylic oxidation sites excluding steroid dienone is 2. The van der Waals surface area contributed by atoms with Crippen LogP contribution in [0.5, 0.6) is 0 Å². The summed E-state index contributed by atoms with van der Waals surface area (Å²) in [6.45, 7) is 6.43. The van der Waals surface area contributed by atoms with E-state index < -0.39 is 0 Å². The summed E-state index contributed by atoms with van der Waals surface area (Å²) < 4.78 is 0. The maximum absolute atomic E-state index is 11.2. The van der Waals surface area contributed by atoms with E-state index >= 15 is 0 Å². The summed E-state index contributed by atoms with van der Waals surface area (Å²) in [4.78, 5) is 11.2. The van der Waals surface area contributed by atoms with Gasteiger partial charge in [0.05, 0.1) is 0 Å². The Morgan fingerprint density at radius 3 is 2.59 bits per heavy atom. The molecule has 2 aliphatic carbocycles. The molecule has 0 heterocycles. The molecule has 2 aliphatic rings. The monoisotopic (exact) mass is 234 g/mol. The van der Waals surface area contributed by atoms with Crippen LogP contribution in [0.2, 0.25) is 0 Å². The molecule has 96 valence electrons. The first-order valence-electron chi connectivity index (χ1n) is 7.24. The first-order valence-corrected chi connectivity index (χ1v) is 7.24. The Bertz CT molecular complexity index is 326. The third-order valence-electron chi connectivity index (χ3n) is 4.73. The van der Waals surface area contributed by atoms with E-state index in [1.54, 1.807) is 18.1 Å². The molecule has 1 nitrogen and oxygen atoms in total. The predicted octanol–water partition coefficient (Wildman–Crippen LogP) is 4.52. The molecule has 0 aromatic heterocycles. The van der Waals surface area contributed by atoms with Gasteiger partial charge in [0, 0.05) is 6.42 Å². The number of carbonyl (C=O) groups is 1. The van der Waals surface area contributed by atoms with Crippen LogP contribution in [0.25, 0.3) is 0 Å². The summed E-state index contributed by atoms with van der Waals surface area (Å²) in [6, 6.07) is 0. The first-order chi connectivity index (χ1) is 8.06. The van der Waals surface area contributed by atoms with E-state index in [9.17, 15) is 4.79 Å². The average Bonchev–Trinajstić information content (AvgIpc) is 2.64. The lowest BCUT2D eigenvalue weighted by atomic mass is 9.77.